The maximum Gasteiger partial charge on any atom is 0.343 e. The lowest BCUT2D eigenvalue weighted by atomic mass is 9.86. The maximum atomic E-state index is 14.5. The number of aromatic nitrogens is 2. The van der Waals surface area contributed by atoms with Gasteiger partial charge in [0.2, 0.25) is 5.91 Å². The van der Waals surface area contributed by atoms with Gasteiger partial charge in [0.15, 0.2) is 5.60 Å². The van der Waals surface area contributed by atoms with Crippen molar-refractivity contribution in [1.82, 2.24) is 14.9 Å². The molecule has 2 aromatic heterocycles. The van der Waals surface area contributed by atoms with Crippen molar-refractivity contribution >= 4 is 22.8 Å². The van der Waals surface area contributed by atoms with Crippen LogP contribution in [0, 0.1) is 18.7 Å². The first-order chi connectivity index (χ1) is 17.6. The molecule has 0 spiro atoms. The van der Waals surface area contributed by atoms with Crippen molar-refractivity contribution in [2.45, 2.75) is 64.5 Å². The van der Waals surface area contributed by atoms with E-state index in [2.05, 4.69) is 10.3 Å². The molecule has 1 aromatic carbocycles. The quantitative estimate of drug-likeness (QED) is 0.352. The number of carbonyl (C=O) groups excluding carboxylic acids is 2. The average molecular weight is 508 g/mol. The van der Waals surface area contributed by atoms with Gasteiger partial charge in [0.25, 0.3) is 5.56 Å². The number of nitrogens with one attached hydrogen (secondary N) is 1. The Morgan fingerprint density at radius 2 is 2.05 bits per heavy atom. The Morgan fingerprint density at radius 3 is 2.76 bits per heavy atom. The van der Waals surface area contributed by atoms with Crippen molar-refractivity contribution in [2.75, 3.05) is 0 Å². The second-order valence-electron chi connectivity index (χ2n) is 10.1. The lowest BCUT2D eigenvalue weighted by molar-refractivity contribution is -0.172. The summed E-state index contributed by atoms with van der Waals surface area (Å²) in [5.74, 6) is -1.77. The molecule has 37 heavy (non-hydrogen) atoms. The fourth-order valence-corrected chi connectivity index (χ4v) is 5.40. The molecular formula is C27H26FN3O6. The van der Waals surface area contributed by atoms with E-state index in [1.54, 1.807) is 26.0 Å². The molecule has 192 valence electrons. The number of fused-ring (bicyclic) bond motifs is 5. The van der Waals surface area contributed by atoms with Crippen molar-refractivity contribution in [3.05, 3.63) is 62.2 Å². The second-order valence-corrected chi connectivity index (χ2v) is 10.1. The van der Waals surface area contributed by atoms with Crippen LogP contribution in [-0.2, 0) is 39.6 Å². The highest BCUT2D eigenvalue weighted by Gasteiger charge is 2.45. The Labute approximate surface area is 210 Å². The van der Waals surface area contributed by atoms with Gasteiger partial charge in [-0.05, 0) is 55.4 Å². The molecule has 6 rings (SSSR count). The maximum absolute atomic E-state index is 14.5. The molecule has 9 nitrogen and oxygen atoms in total. The van der Waals surface area contributed by atoms with Gasteiger partial charge in [-0.2, -0.15) is 0 Å². The predicted molar refractivity (Wildman–Crippen MR) is 130 cm³/mol. The van der Waals surface area contributed by atoms with Gasteiger partial charge in [-0.1, -0.05) is 6.92 Å². The summed E-state index contributed by atoms with van der Waals surface area (Å²) in [4.78, 5) is 43.2. The first kappa shape index (κ1) is 23.7. The molecule has 0 bridgehead atoms. The van der Waals surface area contributed by atoms with Crippen molar-refractivity contribution in [3.8, 4) is 11.4 Å². The summed E-state index contributed by atoms with van der Waals surface area (Å²) in [6.45, 7) is 3.22. The van der Waals surface area contributed by atoms with E-state index in [9.17, 15) is 29.0 Å². The number of aryl methyl sites for hydroxylation is 1. The normalized spacial score (nSPS) is 20.7. The highest BCUT2D eigenvalue weighted by Crippen LogP contribution is 2.40. The van der Waals surface area contributed by atoms with E-state index < -0.39 is 35.0 Å². The van der Waals surface area contributed by atoms with E-state index in [-0.39, 0.29) is 43.2 Å². The number of esters is 1. The zero-order valence-electron chi connectivity index (χ0n) is 20.4. The minimum absolute atomic E-state index is 0.0187. The van der Waals surface area contributed by atoms with Gasteiger partial charge >= 0.3 is 5.97 Å². The van der Waals surface area contributed by atoms with Gasteiger partial charge in [-0.25, -0.2) is 14.2 Å². The van der Waals surface area contributed by atoms with Crippen molar-refractivity contribution in [2.24, 2.45) is 5.92 Å². The molecule has 1 saturated carbocycles. The minimum Gasteiger partial charge on any atom is -0.458 e. The summed E-state index contributed by atoms with van der Waals surface area (Å²) in [7, 11) is 0. The van der Waals surface area contributed by atoms with E-state index in [0.29, 0.717) is 39.0 Å². The largest absolute Gasteiger partial charge is 0.458 e. The van der Waals surface area contributed by atoms with Gasteiger partial charge in [0, 0.05) is 29.1 Å². The molecule has 1 amide bonds. The third kappa shape index (κ3) is 3.50. The van der Waals surface area contributed by atoms with Crippen LogP contribution in [0.3, 0.4) is 0 Å². The summed E-state index contributed by atoms with van der Waals surface area (Å²) in [5, 5.41) is 24.7. The van der Waals surface area contributed by atoms with Crippen molar-refractivity contribution in [1.29, 1.82) is 0 Å². The summed E-state index contributed by atoms with van der Waals surface area (Å²) in [5.41, 5.74) is 0.934. The summed E-state index contributed by atoms with van der Waals surface area (Å²) in [6, 6.07) is 4.57. The highest BCUT2D eigenvalue weighted by molar-refractivity contribution is 5.90. The smallest absolute Gasteiger partial charge is 0.343 e. The summed E-state index contributed by atoms with van der Waals surface area (Å²) >= 11 is 0. The van der Waals surface area contributed by atoms with E-state index >= 15 is 0 Å². The molecule has 1 aliphatic carbocycles. The van der Waals surface area contributed by atoms with Crippen LogP contribution in [0.5, 0.6) is 0 Å². The summed E-state index contributed by atoms with van der Waals surface area (Å²) < 4.78 is 21.2. The van der Waals surface area contributed by atoms with E-state index in [1.807, 2.05) is 0 Å². The number of hydrogen-bond donors (Lipinski definition) is 3. The zero-order chi connectivity index (χ0) is 26.2. The van der Waals surface area contributed by atoms with E-state index in [4.69, 9.17) is 4.74 Å². The molecule has 10 heteroatoms. The molecule has 0 unspecified atom stereocenters. The topological polar surface area (TPSA) is 131 Å². The monoisotopic (exact) mass is 507 g/mol. The van der Waals surface area contributed by atoms with Crippen molar-refractivity contribution < 1.29 is 28.9 Å². The predicted octanol–water partition coefficient (Wildman–Crippen LogP) is 1.91. The number of hydrogen-bond acceptors (Lipinski definition) is 7. The van der Waals surface area contributed by atoms with Crippen LogP contribution >= 0.6 is 0 Å². The molecule has 0 saturated heterocycles. The van der Waals surface area contributed by atoms with Gasteiger partial charge < -0.3 is 24.8 Å². The van der Waals surface area contributed by atoms with Crippen LogP contribution in [-0.4, -0.2) is 37.7 Å². The van der Waals surface area contributed by atoms with Gasteiger partial charge in [0.1, 0.15) is 18.5 Å². The Morgan fingerprint density at radius 1 is 1.30 bits per heavy atom. The SMILES string of the molecule is CC[C@@]1(O)C(=O)OCc2c1cc1n(c2=O)Cc2c-1nc1cc(F)c(C)cc1c2CNC(=O)[C@@H](O)C1CC1. The number of rotatable bonds is 5. The first-order valence-corrected chi connectivity index (χ1v) is 12.4. The average Bonchev–Trinajstić information content (AvgIpc) is 3.66. The van der Waals surface area contributed by atoms with Crippen LogP contribution in [0.1, 0.15) is 54.0 Å². The van der Waals surface area contributed by atoms with Crippen LogP contribution in [0.2, 0.25) is 0 Å². The Hall–Kier alpha value is -3.63. The molecule has 0 radical (unpaired) electrons. The molecule has 2 aliphatic heterocycles. The Kier molecular flexibility index (Phi) is 5.26. The highest BCUT2D eigenvalue weighted by atomic mass is 19.1. The van der Waals surface area contributed by atoms with Crippen molar-refractivity contribution in [3.63, 3.8) is 0 Å². The third-order valence-corrected chi connectivity index (χ3v) is 7.86. The van der Waals surface area contributed by atoms with Crippen LogP contribution < -0.4 is 10.9 Å². The standard InChI is InChI=1S/C27H26FN3O6/c1-3-27(36)18-7-21-22-16(10-31(21)25(34)17(18)11-37-26(27)35)15(9-29-24(33)23(32)13-4-5-13)14-6-12(2)19(28)8-20(14)30-22/h6-8,13,23,32,36H,3-5,9-11H2,1-2H3,(H,29,33)/t23-,27-/m0/s1. The van der Waals surface area contributed by atoms with Crippen LogP contribution in [0.25, 0.3) is 22.3 Å². The Bertz CT molecular complexity index is 1580. The lowest BCUT2D eigenvalue weighted by Gasteiger charge is -2.31. The van der Waals surface area contributed by atoms with Gasteiger partial charge in [0.05, 0.1) is 29.0 Å². The van der Waals surface area contributed by atoms with Crippen LogP contribution in [0.4, 0.5) is 4.39 Å². The fraction of sp³-hybridized carbons (Fsp3) is 0.407. The number of aliphatic hydroxyl groups is 2. The summed E-state index contributed by atoms with van der Waals surface area (Å²) in [6.07, 6.45) is 0.543. The van der Waals surface area contributed by atoms with Gasteiger partial charge in [-0.15, -0.1) is 0 Å². The first-order valence-electron chi connectivity index (χ1n) is 12.4. The van der Waals surface area contributed by atoms with E-state index in [1.165, 1.54) is 10.6 Å². The molecule has 1 fully saturated rings. The number of ether oxygens (including phenoxy) is 1. The number of carbonyl (C=O) groups is 2. The molecule has 4 heterocycles. The number of pyridine rings is 2. The molecule has 3 N–H and O–H groups in total. The van der Waals surface area contributed by atoms with Crippen LogP contribution in [0.15, 0.2) is 23.0 Å². The van der Waals surface area contributed by atoms with E-state index in [0.717, 1.165) is 12.8 Å². The molecule has 3 aliphatic rings. The molecule has 2 atom stereocenters. The number of cyclic esters (lactones) is 1. The zero-order valence-corrected chi connectivity index (χ0v) is 20.4. The second kappa shape index (κ2) is 8.19. The fourth-order valence-electron chi connectivity index (χ4n) is 5.40. The minimum atomic E-state index is -1.96. The Balaban J connectivity index is 1.53. The molecular weight excluding hydrogens is 481 g/mol. The number of aliphatic hydroxyl groups excluding tert-OH is 1. The molecule has 3 aromatic rings. The third-order valence-electron chi connectivity index (χ3n) is 7.86. The number of amides is 1. The number of halogens is 1. The number of nitrogens with zero attached hydrogens (tertiary/aromatic N) is 2. The lowest BCUT2D eigenvalue weighted by Crippen LogP contribution is -2.44. The van der Waals surface area contributed by atoms with Gasteiger partial charge in [-0.3, -0.25) is 9.59 Å². The number of benzene rings is 1.